The summed E-state index contributed by atoms with van der Waals surface area (Å²) < 4.78 is 21.0. The fraction of sp³-hybridized carbons (Fsp3) is 0.346. The van der Waals surface area contributed by atoms with E-state index in [-0.39, 0.29) is 6.61 Å². The summed E-state index contributed by atoms with van der Waals surface area (Å²) in [5.74, 6) is -5.07. The maximum atomic E-state index is 13.3. The molecule has 4 atom stereocenters. The van der Waals surface area contributed by atoms with Crippen molar-refractivity contribution in [3.8, 4) is 11.5 Å². The Morgan fingerprint density at radius 1 is 1.06 bits per heavy atom. The minimum Gasteiger partial charge on any atom is -0.493 e. The van der Waals surface area contributed by atoms with Gasteiger partial charge in [0.1, 0.15) is 18.1 Å². The molecule has 0 bridgehead atoms. The van der Waals surface area contributed by atoms with Crippen LogP contribution in [-0.2, 0) is 29.5 Å². The summed E-state index contributed by atoms with van der Waals surface area (Å²) in [6.45, 7) is 3.86. The largest absolute Gasteiger partial charge is 0.493 e. The Bertz CT molecular complexity index is 1060. The maximum Gasteiger partial charge on any atom is 0.316 e. The van der Waals surface area contributed by atoms with Crippen LogP contribution in [-0.4, -0.2) is 50.8 Å². The van der Waals surface area contributed by atoms with Crippen LogP contribution in [0, 0.1) is 11.8 Å². The van der Waals surface area contributed by atoms with Crippen LogP contribution in [0.4, 0.5) is 0 Å². The number of carbonyl (C=O) groups is 3. The van der Waals surface area contributed by atoms with E-state index in [4.69, 9.17) is 18.9 Å². The van der Waals surface area contributed by atoms with Crippen LogP contribution in [0.3, 0.4) is 0 Å². The average Bonchev–Trinajstić information content (AvgIpc) is 2.86. The van der Waals surface area contributed by atoms with Crippen LogP contribution >= 0.6 is 0 Å². The number of rotatable bonds is 8. The molecular weight excluding hydrogens is 440 g/mol. The number of Topliss-reactive ketones (excluding diaryl/α,β-unsaturated/α-hetero) is 1. The third kappa shape index (κ3) is 4.54. The lowest BCUT2D eigenvalue weighted by Gasteiger charge is -2.45. The van der Waals surface area contributed by atoms with Crippen molar-refractivity contribution in [1.82, 2.24) is 0 Å². The first-order chi connectivity index (χ1) is 16.3. The minimum atomic E-state index is -1.91. The predicted octanol–water partition coefficient (Wildman–Crippen LogP) is 2.78. The number of carbonyl (C=O) groups excluding carboxylic acids is 3. The average molecular weight is 469 g/mol. The van der Waals surface area contributed by atoms with Crippen molar-refractivity contribution >= 4 is 17.7 Å². The van der Waals surface area contributed by atoms with E-state index in [2.05, 4.69) is 6.58 Å². The van der Waals surface area contributed by atoms with Gasteiger partial charge in [-0.1, -0.05) is 49.1 Å². The standard InChI is InChI=1S/C26H28O8/c1-5-13-34-19-12-11-16(14-20(19)31-2)21-22(24(28)32-3)18(27)15-26(30,23(21)25(29)33-4)17-9-7-6-8-10-17/h5-12,14,21-23,30H,1,13,15H2,2-4H3/t21-,22-,23+,26+/m1/s1. The Hall–Kier alpha value is -3.65. The molecule has 180 valence electrons. The van der Waals surface area contributed by atoms with Gasteiger partial charge in [0.05, 0.1) is 27.2 Å². The van der Waals surface area contributed by atoms with E-state index >= 15 is 0 Å². The van der Waals surface area contributed by atoms with Crippen molar-refractivity contribution in [2.75, 3.05) is 27.9 Å². The maximum absolute atomic E-state index is 13.3. The Morgan fingerprint density at radius 2 is 1.74 bits per heavy atom. The van der Waals surface area contributed by atoms with Crippen molar-refractivity contribution in [3.05, 3.63) is 72.3 Å². The van der Waals surface area contributed by atoms with Crippen LogP contribution in [0.25, 0.3) is 0 Å². The van der Waals surface area contributed by atoms with Gasteiger partial charge in [0.2, 0.25) is 0 Å². The zero-order chi connectivity index (χ0) is 24.9. The second kappa shape index (κ2) is 10.5. The van der Waals surface area contributed by atoms with E-state index in [1.807, 2.05) is 0 Å². The summed E-state index contributed by atoms with van der Waals surface area (Å²) in [6, 6.07) is 13.2. The van der Waals surface area contributed by atoms with Crippen LogP contribution in [0.15, 0.2) is 61.2 Å². The molecule has 8 nitrogen and oxygen atoms in total. The zero-order valence-electron chi connectivity index (χ0n) is 19.4. The van der Waals surface area contributed by atoms with E-state index in [0.717, 1.165) is 0 Å². The van der Waals surface area contributed by atoms with E-state index < -0.39 is 47.5 Å². The summed E-state index contributed by atoms with van der Waals surface area (Å²) >= 11 is 0. The molecule has 0 saturated heterocycles. The lowest BCUT2D eigenvalue weighted by Crippen LogP contribution is -2.54. The molecule has 1 N–H and O–H groups in total. The van der Waals surface area contributed by atoms with Gasteiger partial charge in [0.25, 0.3) is 0 Å². The monoisotopic (exact) mass is 468 g/mol. The second-order valence-electron chi connectivity index (χ2n) is 7.97. The smallest absolute Gasteiger partial charge is 0.316 e. The second-order valence-corrected chi connectivity index (χ2v) is 7.97. The minimum absolute atomic E-state index is 0.237. The fourth-order valence-corrected chi connectivity index (χ4v) is 4.60. The van der Waals surface area contributed by atoms with Gasteiger partial charge in [0.15, 0.2) is 17.3 Å². The molecule has 0 unspecified atom stereocenters. The normalized spacial score (nSPS) is 24.1. The van der Waals surface area contributed by atoms with E-state index in [1.54, 1.807) is 54.6 Å². The van der Waals surface area contributed by atoms with E-state index in [1.165, 1.54) is 21.3 Å². The first-order valence-corrected chi connectivity index (χ1v) is 10.7. The molecule has 8 heteroatoms. The van der Waals surface area contributed by atoms with Crippen LogP contribution in [0.1, 0.15) is 23.5 Å². The van der Waals surface area contributed by atoms with Crippen LogP contribution < -0.4 is 9.47 Å². The van der Waals surface area contributed by atoms with Gasteiger partial charge in [-0.3, -0.25) is 14.4 Å². The van der Waals surface area contributed by atoms with Gasteiger partial charge in [-0.2, -0.15) is 0 Å². The molecule has 1 aliphatic rings. The first kappa shape index (κ1) is 25.0. The summed E-state index contributed by atoms with van der Waals surface area (Å²) in [5, 5.41) is 11.8. The van der Waals surface area contributed by atoms with Gasteiger partial charge in [0, 0.05) is 12.3 Å². The Kier molecular flexibility index (Phi) is 7.73. The van der Waals surface area contributed by atoms with Gasteiger partial charge in [-0.05, 0) is 23.3 Å². The van der Waals surface area contributed by atoms with Gasteiger partial charge >= 0.3 is 11.9 Å². The number of methoxy groups -OCH3 is 3. The molecule has 0 amide bonds. The molecule has 3 rings (SSSR count). The van der Waals surface area contributed by atoms with Crippen molar-refractivity contribution in [2.24, 2.45) is 11.8 Å². The molecule has 1 saturated carbocycles. The molecular formula is C26H28O8. The lowest BCUT2D eigenvalue weighted by molar-refractivity contribution is -0.174. The highest BCUT2D eigenvalue weighted by molar-refractivity contribution is 6.03. The zero-order valence-corrected chi connectivity index (χ0v) is 19.4. The molecule has 1 fully saturated rings. The molecule has 0 heterocycles. The van der Waals surface area contributed by atoms with Crippen LogP contribution in [0.5, 0.6) is 11.5 Å². The van der Waals surface area contributed by atoms with Crippen molar-refractivity contribution in [3.63, 3.8) is 0 Å². The third-order valence-electron chi connectivity index (χ3n) is 6.14. The van der Waals surface area contributed by atoms with Gasteiger partial charge in [-0.25, -0.2) is 0 Å². The Balaban J connectivity index is 2.24. The van der Waals surface area contributed by atoms with Crippen molar-refractivity contribution in [1.29, 1.82) is 0 Å². The van der Waals surface area contributed by atoms with Crippen LogP contribution in [0.2, 0.25) is 0 Å². The van der Waals surface area contributed by atoms with Crippen molar-refractivity contribution in [2.45, 2.75) is 17.9 Å². The molecule has 2 aromatic rings. The fourth-order valence-electron chi connectivity index (χ4n) is 4.60. The molecule has 0 aromatic heterocycles. The summed E-state index contributed by atoms with van der Waals surface area (Å²) in [7, 11) is 3.81. The summed E-state index contributed by atoms with van der Waals surface area (Å²) in [5.41, 5.74) is -1.13. The molecule has 1 aliphatic carbocycles. The lowest BCUT2D eigenvalue weighted by atomic mass is 9.59. The predicted molar refractivity (Wildman–Crippen MR) is 122 cm³/mol. The number of hydrogen-bond donors (Lipinski definition) is 1. The molecule has 34 heavy (non-hydrogen) atoms. The topological polar surface area (TPSA) is 108 Å². The number of ether oxygens (including phenoxy) is 4. The third-order valence-corrected chi connectivity index (χ3v) is 6.14. The number of esters is 2. The first-order valence-electron chi connectivity index (χ1n) is 10.7. The van der Waals surface area contributed by atoms with Gasteiger partial charge in [-0.15, -0.1) is 0 Å². The quantitative estimate of drug-likeness (QED) is 0.358. The number of hydrogen-bond acceptors (Lipinski definition) is 8. The Morgan fingerprint density at radius 3 is 2.32 bits per heavy atom. The summed E-state index contributed by atoms with van der Waals surface area (Å²) in [4.78, 5) is 39.2. The SMILES string of the molecule is C=CCOc1ccc([C@@H]2[C@H](C(=O)OC)C(=O)C[C@](O)(c3ccccc3)[C@@H]2C(=O)OC)cc1OC. The number of benzene rings is 2. The van der Waals surface area contributed by atoms with Crippen molar-refractivity contribution < 1.29 is 38.4 Å². The number of aliphatic hydroxyl groups is 1. The molecule has 0 radical (unpaired) electrons. The molecule has 0 spiro atoms. The van der Waals surface area contributed by atoms with Gasteiger partial charge < -0.3 is 24.1 Å². The summed E-state index contributed by atoms with van der Waals surface area (Å²) in [6.07, 6.45) is 1.12. The highest BCUT2D eigenvalue weighted by atomic mass is 16.5. The Labute approximate surface area is 198 Å². The highest BCUT2D eigenvalue weighted by Gasteiger charge is 2.59. The highest BCUT2D eigenvalue weighted by Crippen LogP contribution is 2.52. The van der Waals surface area contributed by atoms with E-state index in [0.29, 0.717) is 22.6 Å². The molecule has 0 aliphatic heterocycles. The number of ketones is 1. The van der Waals surface area contributed by atoms with E-state index in [9.17, 15) is 19.5 Å². The molecule has 2 aromatic carbocycles.